The second-order valence-corrected chi connectivity index (χ2v) is 6.37. The quantitative estimate of drug-likeness (QED) is 0.851. The fraction of sp³-hybridized carbons (Fsp3) is 0.400. The molecule has 1 heterocycles. The van der Waals surface area contributed by atoms with Crippen LogP contribution in [0.4, 0.5) is 0 Å². The van der Waals surface area contributed by atoms with Crippen LogP contribution in [-0.4, -0.2) is 38.2 Å². The van der Waals surface area contributed by atoms with Crippen molar-refractivity contribution in [3.8, 4) is 5.75 Å². The summed E-state index contributed by atoms with van der Waals surface area (Å²) in [5.41, 5.74) is 2.61. The Morgan fingerprint density at radius 3 is 2.52 bits per heavy atom. The molecule has 1 aliphatic rings. The van der Waals surface area contributed by atoms with Crippen molar-refractivity contribution in [3.63, 3.8) is 0 Å². The predicted molar refractivity (Wildman–Crippen MR) is 97.1 cm³/mol. The van der Waals surface area contributed by atoms with Gasteiger partial charge in [-0.2, -0.15) is 0 Å². The van der Waals surface area contributed by atoms with E-state index in [1.807, 2.05) is 0 Å². The molecule has 0 amide bonds. The van der Waals surface area contributed by atoms with Gasteiger partial charge in [-0.25, -0.2) is 0 Å². The van der Waals surface area contributed by atoms with Crippen LogP contribution in [-0.2, 0) is 0 Å². The molecule has 0 aliphatic carbocycles. The Morgan fingerprint density at radius 2 is 1.87 bits per heavy atom. The van der Waals surface area contributed by atoms with Crippen LogP contribution in [0.25, 0.3) is 10.8 Å². The van der Waals surface area contributed by atoms with Crippen LogP contribution in [0.5, 0.6) is 5.75 Å². The molecule has 2 aromatic carbocycles. The summed E-state index contributed by atoms with van der Waals surface area (Å²) in [4.78, 5) is 2.58. The summed E-state index contributed by atoms with van der Waals surface area (Å²) >= 11 is 0. The third-order valence-corrected chi connectivity index (χ3v) is 4.63. The molecule has 0 saturated carbocycles. The number of nitrogens with one attached hydrogen (secondary N) is 1. The Kier molecular flexibility index (Phi) is 4.99. The third-order valence-electron chi connectivity index (χ3n) is 4.63. The summed E-state index contributed by atoms with van der Waals surface area (Å²) in [5, 5.41) is 5.92. The lowest BCUT2D eigenvalue weighted by atomic mass is 9.92. The van der Waals surface area contributed by atoms with Gasteiger partial charge in [-0.05, 0) is 30.4 Å². The van der Waals surface area contributed by atoms with Gasteiger partial charge >= 0.3 is 0 Å². The van der Waals surface area contributed by atoms with Gasteiger partial charge in [0.1, 0.15) is 5.75 Å². The number of benzene rings is 2. The molecule has 3 nitrogen and oxygen atoms in total. The van der Waals surface area contributed by atoms with Crippen molar-refractivity contribution < 1.29 is 4.74 Å². The Labute approximate surface area is 138 Å². The minimum Gasteiger partial charge on any atom is -0.496 e. The van der Waals surface area contributed by atoms with Gasteiger partial charge < -0.3 is 10.1 Å². The third kappa shape index (κ3) is 3.41. The van der Waals surface area contributed by atoms with Crippen molar-refractivity contribution in [1.29, 1.82) is 0 Å². The zero-order valence-corrected chi connectivity index (χ0v) is 14.1. The van der Waals surface area contributed by atoms with Gasteiger partial charge in [0.15, 0.2) is 0 Å². The van der Waals surface area contributed by atoms with E-state index in [2.05, 4.69) is 60.1 Å². The highest BCUT2D eigenvalue weighted by Crippen LogP contribution is 2.36. The number of ether oxygens (including phenoxy) is 1. The Hall–Kier alpha value is -1.84. The van der Waals surface area contributed by atoms with Gasteiger partial charge in [0.25, 0.3) is 0 Å². The van der Waals surface area contributed by atoms with E-state index < -0.39 is 0 Å². The van der Waals surface area contributed by atoms with Crippen molar-refractivity contribution >= 4 is 10.8 Å². The standard InChI is InChI=1S/C20H26N2O/c1-15(2)14-19(22-12-10-21-11-13-22)17-8-9-20(23-3)18-7-5-4-6-16(17)18/h4-9,19,21H,1,10-14H2,2-3H3/t19-/m0/s1. The summed E-state index contributed by atoms with van der Waals surface area (Å²) in [6.45, 7) is 10.6. The normalized spacial score (nSPS) is 17.1. The van der Waals surface area contributed by atoms with Gasteiger partial charge in [-0.1, -0.05) is 35.9 Å². The lowest BCUT2D eigenvalue weighted by Crippen LogP contribution is -2.45. The SMILES string of the molecule is C=C(C)C[C@@H](c1ccc(OC)c2ccccc12)N1CCNCC1. The molecule has 0 bridgehead atoms. The van der Waals surface area contributed by atoms with Crippen molar-refractivity contribution in [2.24, 2.45) is 0 Å². The molecule has 0 radical (unpaired) electrons. The van der Waals surface area contributed by atoms with E-state index in [4.69, 9.17) is 4.74 Å². The topological polar surface area (TPSA) is 24.5 Å². The Bertz CT molecular complexity index is 689. The second kappa shape index (κ2) is 7.16. The minimum atomic E-state index is 0.380. The zero-order valence-electron chi connectivity index (χ0n) is 14.1. The average Bonchev–Trinajstić information content (AvgIpc) is 2.59. The van der Waals surface area contributed by atoms with Crippen LogP contribution in [0, 0.1) is 0 Å². The summed E-state index contributed by atoms with van der Waals surface area (Å²) < 4.78 is 5.55. The van der Waals surface area contributed by atoms with Crippen LogP contribution in [0.1, 0.15) is 24.9 Å². The number of methoxy groups -OCH3 is 1. The van der Waals surface area contributed by atoms with Crippen molar-refractivity contribution in [3.05, 3.63) is 54.1 Å². The van der Waals surface area contributed by atoms with Crippen molar-refractivity contribution in [1.82, 2.24) is 10.2 Å². The maximum absolute atomic E-state index is 5.55. The first kappa shape index (κ1) is 16.0. The molecule has 1 fully saturated rings. The summed E-state index contributed by atoms with van der Waals surface area (Å²) in [5.74, 6) is 0.943. The van der Waals surface area contributed by atoms with E-state index in [0.717, 1.165) is 38.3 Å². The number of hydrogen-bond acceptors (Lipinski definition) is 3. The molecule has 1 N–H and O–H groups in total. The van der Waals surface area contributed by atoms with Crippen LogP contribution in [0.2, 0.25) is 0 Å². The molecule has 1 saturated heterocycles. The zero-order chi connectivity index (χ0) is 16.2. The van der Waals surface area contributed by atoms with E-state index in [0.29, 0.717) is 6.04 Å². The molecular weight excluding hydrogens is 284 g/mol. The molecular formula is C20H26N2O. The number of rotatable bonds is 5. The van der Waals surface area contributed by atoms with Crippen LogP contribution < -0.4 is 10.1 Å². The second-order valence-electron chi connectivity index (χ2n) is 6.37. The number of hydrogen-bond donors (Lipinski definition) is 1. The minimum absolute atomic E-state index is 0.380. The first-order chi connectivity index (χ1) is 11.2. The van der Waals surface area contributed by atoms with Crippen LogP contribution in [0.15, 0.2) is 48.6 Å². The van der Waals surface area contributed by atoms with Crippen LogP contribution >= 0.6 is 0 Å². The maximum atomic E-state index is 5.55. The predicted octanol–water partition coefficient (Wildman–Crippen LogP) is 3.76. The van der Waals surface area contributed by atoms with E-state index in [1.54, 1.807) is 7.11 Å². The van der Waals surface area contributed by atoms with E-state index in [9.17, 15) is 0 Å². The van der Waals surface area contributed by atoms with Gasteiger partial charge in [-0.3, -0.25) is 4.90 Å². The summed E-state index contributed by atoms with van der Waals surface area (Å²) in [7, 11) is 1.74. The molecule has 1 aliphatic heterocycles. The molecule has 3 heteroatoms. The Balaban J connectivity index is 2.08. The summed E-state index contributed by atoms with van der Waals surface area (Å²) in [6, 6.07) is 13.3. The van der Waals surface area contributed by atoms with Gasteiger partial charge in [0, 0.05) is 37.6 Å². The lowest BCUT2D eigenvalue weighted by Gasteiger charge is -2.36. The van der Waals surface area contributed by atoms with Crippen LogP contribution in [0.3, 0.4) is 0 Å². The molecule has 2 aromatic rings. The average molecular weight is 310 g/mol. The maximum Gasteiger partial charge on any atom is 0.126 e. The van der Waals surface area contributed by atoms with E-state index in [1.165, 1.54) is 21.9 Å². The highest BCUT2D eigenvalue weighted by atomic mass is 16.5. The first-order valence-electron chi connectivity index (χ1n) is 8.35. The highest BCUT2D eigenvalue weighted by molar-refractivity contribution is 5.91. The Morgan fingerprint density at radius 1 is 1.17 bits per heavy atom. The van der Waals surface area contributed by atoms with E-state index >= 15 is 0 Å². The molecule has 0 spiro atoms. The molecule has 1 atom stereocenters. The molecule has 23 heavy (non-hydrogen) atoms. The smallest absolute Gasteiger partial charge is 0.126 e. The number of piperazine rings is 1. The van der Waals surface area contributed by atoms with Gasteiger partial charge in [-0.15, -0.1) is 6.58 Å². The summed E-state index contributed by atoms with van der Waals surface area (Å²) in [6.07, 6.45) is 0.996. The molecule has 122 valence electrons. The monoisotopic (exact) mass is 310 g/mol. The van der Waals surface area contributed by atoms with Crippen molar-refractivity contribution in [2.45, 2.75) is 19.4 Å². The fourth-order valence-electron chi connectivity index (χ4n) is 3.52. The molecule has 3 rings (SSSR count). The molecule has 0 unspecified atom stereocenters. The van der Waals surface area contributed by atoms with E-state index in [-0.39, 0.29) is 0 Å². The van der Waals surface area contributed by atoms with Crippen molar-refractivity contribution in [2.75, 3.05) is 33.3 Å². The fourth-order valence-corrected chi connectivity index (χ4v) is 3.52. The number of nitrogens with zero attached hydrogens (tertiary/aromatic N) is 1. The molecule has 0 aromatic heterocycles. The first-order valence-corrected chi connectivity index (χ1v) is 8.35. The van der Waals surface area contributed by atoms with Gasteiger partial charge in [0.05, 0.1) is 7.11 Å². The number of fused-ring (bicyclic) bond motifs is 1. The van der Waals surface area contributed by atoms with Gasteiger partial charge in [0.2, 0.25) is 0 Å². The highest BCUT2D eigenvalue weighted by Gasteiger charge is 2.24. The lowest BCUT2D eigenvalue weighted by molar-refractivity contribution is 0.173. The largest absolute Gasteiger partial charge is 0.496 e.